The highest BCUT2D eigenvalue weighted by molar-refractivity contribution is 6.06. The number of nitrogens with zero attached hydrogens (tertiary/aromatic N) is 6. The van der Waals surface area contributed by atoms with E-state index in [1.165, 1.54) is 12.3 Å². The van der Waals surface area contributed by atoms with Gasteiger partial charge in [-0.1, -0.05) is 24.3 Å². The quantitative estimate of drug-likeness (QED) is 0.333. The van der Waals surface area contributed by atoms with E-state index in [4.69, 9.17) is 16.1 Å². The van der Waals surface area contributed by atoms with Crippen molar-refractivity contribution in [1.29, 1.82) is 5.26 Å². The summed E-state index contributed by atoms with van der Waals surface area (Å²) in [5.41, 5.74) is 10.8. The molecule has 3 aromatic heterocycles. The standard InChI is InChI=1S/C32H31N9O2/c33-17-19-10-12-35-26(15-19)38-31(42)21-6-4-20(5-7-21)28-27-29-22(18-36-30(27)34)3-1-2-13-40-14-11-25(40)32(43)37-23-8-9-24(16-23)41(29)39-28/h1,3-7,10,12,15,18,23-25H,2,8-9,11,13-14,16H2,(H2,34,36)(H,37,43)(H,35,38,42)/b3-1+/t23-,24-,25+/m1/s1. The zero-order chi connectivity index (χ0) is 29.5. The highest BCUT2D eigenvalue weighted by Crippen LogP contribution is 2.39. The zero-order valence-electron chi connectivity index (χ0n) is 23.5. The van der Waals surface area contributed by atoms with E-state index in [9.17, 15) is 9.59 Å². The van der Waals surface area contributed by atoms with E-state index in [0.717, 1.165) is 67.2 Å². The van der Waals surface area contributed by atoms with Gasteiger partial charge < -0.3 is 16.4 Å². The number of aromatic nitrogens is 4. The van der Waals surface area contributed by atoms with Crippen LogP contribution in [0.3, 0.4) is 0 Å². The fourth-order valence-electron chi connectivity index (χ4n) is 6.41. The number of carbonyl (C=O) groups is 2. The molecule has 2 fully saturated rings. The Balaban J connectivity index is 1.24. The Morgan fingerprint density at radius 1 is 1.12 bits per heavy atom. The van der Waals surface area contributed by atoms with Gasteiger partial charge in [0.1, 0.15) is 17.3 Å². The monoisotopic (exact) mass is 573 g/mol. The van der Waals surface area contributed by atoms with Crippen molar-refractivity contribution >= 4 is 40.4 Å². The molecule has 1 saturated heterocycles. The molecule has 3 atom stereocenters. The molecule has 43 heavy (non-hydrogen) atoms. The van der Waals surface area contributed by atoms with Gasteiger partial charge in [0.15, 0.2) is 0 Å². The van der Waals surface area contributed by atoms with Crippen LogP contribution in [0.15, 0.2) is 54.9 Å². The van der Waals surface area contributed by atoms with E-state index in [-0.39, 0.29) is 29.9 Å². The van der Waals surface area contributed by atoms with E-state index >= 15 is 0 Å². The minimum atomic E-state index is -0.334. The normalized spacial score (nSPS) is 22.5. The summed E-state index contributed by atoms with van der Waals surface area (Å²) in [4.78, 5) is 36.8. The number of nitrogens with one attached hydrogen (secondary N) is 2. The molecule has 11 heteroatoms. The number of amides is 2. The van der Waals surface area contributed by atoms with Gasteiger partial charge in [-0.3, -0.25) is 19.2 Å². The minimum Gasteiger partial charge on any atom is -0.383 e. The van der Waals surface area contributed by atoms with Crippen LogP contribution in [0.25, 0.3) is 28.2 Å². The lowest BCUT2D eigenvalue weighted by Gasteiger charge is -2.40. The maximum atomic E-state index is 13.0. The van der Waals surface area contributed by atoms with Crippen molar-refractivity contribution < 1.29 is 9.59 Å². The fourth-order valence-corrected chi connectivity index (χ4v) is 6.41. The van der Waals surface area contributed by atoms with Gasteiger partial charge in [0, 0.05) is 48.2 Å². The van der Waals surface area contributed by atoms with Crippen molar-refractivity contribution in [3.63, 3.8) is 0 Å². The lowest BCUT2D eigenvalue weighted by atomic mass is 10.0. The second kappa shape index (κ2) is 11.0. The lowest BCUT2D eigenvalue weighted by Crippen LogP contribution is -2.57. The summed E-state index contributed by atoms with van der Waals surface area (Å²) in [6.45, 7) is 1.78. The number of hydrogen-bond acceptors (Lipinski definition) is 8. The molecule has 0 unspecified atom stereocenters. The topological polar surface area (TPSA) is 155 Å². The Kier molecular flexibility index (Phi) is 6.83. The fraction of sp³-hybridized carbons (Fsp3) is 0.312. The van der Waals surface area contributed by atoms with Crippen LogP contribution in [0.1, 0.15) is 59.6 Å². The molecule has 1 saturated carbocycles. The first-order valence-corrected chi connectivity index (χ1v) is 14.6. The molecule has 4 N–H and O–H groups in total. The average molecular weight is 574 g/mol. The molecule has 1 aliphatic carbocycles. The van der Waals surface area contributed by atoms with E-state index in [1.807, 2.05) is 24.4 Å². The summed E-state index contributed by atoms with van der Waals surface area (Å²) in [6.07, 6.45) is 11.8. The number of hydrogen-bond donors (Lipinski definition) is 3. The molecule has 1 aromatic carbocycles. The predicted molar refractivity (Wildman–Crippen MR) is 163 cm³/mol. The molecule has 2 bridgehead atoms. The van der Waals surface area contributed by atoms with Crippen molar-refractivity contribution in [2.75, 3.05) is 24.1 Å². The highest BCUT2D eigenvalue weighted by atomic mass is 16.2. The Labute approximate surface area is 248 Å². The molecule has 3 aliphatic rings. The molecular formula is C32H31N9O2. The van der Waals surface area contributed by atoms with Crippen molar-refractivity contribution in [2.24, 2.45) is 0 Å². The van der Waals surface area contributed by atoms with E-state index in [1.54, 1.807) is 18.2 Å². The van der Waals surface area contributed by atoms with E-state index in [2.05, 4.69) is 42.3 Å². The maximum Gasteiger partial charge on any atom is 0.256 e. The molecule has 2 aliphatic heterocycles. The van der Waals surface area contributed by atoms with Crippen LogP contribution in [0.5, 0.6) is 0 Å². The van der Waals surface area contributed by atoms with Crippen molar-refractivity contribution in [3.05, 3.63) is 71.6 Å². The Hall–Kier alpha value is -5.08. The summed E-state index contributed by atoms with van der Waals surface area (Å²) in [7, 11) is 0. The van der Waals surface area contributed by atoms with Crippen LogP contribution in [0, 0.1) is 11.3 Å². The third-order valence-electron chi connectivity index (χ3n) is 8.74. The van der Waals surface area contributed by atoms with Crippen molar-refractivity contribution in [2.45, 2.75) is 50.2 Å². The van der Waals surface area contributed by atoms with Gasteiger partial charge in [-0.15, -0.1) is 0 Å². The number of anilines is 2. The van der Waals surface area contributed by atoms with Gasteiger partial charge in [0.05, 0.1) is 34.6 Å². The smallest absolute Gasteiger partial charge is 0.256 e. The number of fused-ring (bicyclic) bond motifs is 4. The second-order valence-electron chi connectivity index (χ2n) is 11.4. The molecule has 11 nitrogen and oxygen atoms in total. The predicted octanol–water partition coefficient (Wildman–Crippen LogP) is 3.90. The van der Waals surface area contributed by atoms with Crippen LogP contribution in [-0.2, 0) is 4.79 Å². The molecule has 216 valence electrons. The number of carbonyl (C=O) groups excluding carboxylic acids is 2. The number of rotatable bonds is 3. The van der Waals surface area contributed by atoms with E-state index in [0.29, 0.717) is 28.5 Å². The van der Waals surface area contributed by atoms with Crippen LogP contribution < -0.4 is 16.4 Å². The van der Waals surface area contributed by atoms with Gasteiger partial charge >= 0.3 is 0 Å². The number of pyridine rings is 2. The summed E-state index contributed by atoms with van der Waals surface area (Å²) in [5, 5.41) is 21.1. The lowest BCUT2D eigenvalue weighted by molar-refractivity contribution is -0.131. The largest absolute Gasteiger partial charge is 0.383 e. The molecule has 0 radical (unpaired) electrons. The maximum absolute atomic E-state index is 13.0. The van der Waals surface area contributed by atoms with Crippen LogP contribution >= 0.6 is 0 Å². The van der Waals surface area contributed by atoms with E-state index < -0.39 is 0 Å². The average Bonchev–Trinajstić information content (AvgIpc) is 3.63. The molecule has 4 aromatic rings. The van der Waals surface area contributed by atoms with Crippen molar-refractivity contribution in [3.8, 4) is 17.3 Å². The van der Waals surface area contributed by atoms with Crippen LogP contribution in [0.2, 0.25) is 0 Å². The minimum absolute atomic E-state index is 0.0313. The first kappa shape index (κ1) is 26.8. The molecular weight excluding hydrogens is 542 g/mol. The van der Waals surface area contributed by atoms with Crippen LogP contribution in [0.4, 0.5) is 11.6 Å². The van der Waals surface area contributed by atoms with Gasteiger partial charge in [-0.2, -0.15) is 10.4 Å². The third kappa shape index (κ3) is 5.00. The number of nitrogens with two attached hydrogens (primary N) is 1. The Bertz CT molecular complexity index is 1800. The summed E-state index contributed by atoms with van der Waals surface area (Å²) in [6, 6.07) is 12.5. The molecule has 7 rings (SSSR count). The SMILES string of the molecule is N#Cc1ccnc(NC(=O)c2ccc(-c3nn4c5c(cnc(N)c35)/C=C/CCN3CC[C@H]3C(=O)N[C@@H]3CC[C@@H]4C3)cc2)c1. The molecule has 0 spiro atoms. The zero-order valence-corrected chi connectivity index (χ0v) is 23.5. The number of benzene rings is 1. The van der Waals surface area contributed by atoms with Gasteiger partial charge in [-0.25, -0.2) is 9.97 Å². The van der Waals surface area contributed by atoms with Gasteiger partial charge in [-0.05, 0) is 56.4 Å². The van der Waals surface area contributed by atoms with Crippen LogP contribution in [-0.4, -0.2) is 61.6 Å². The van der Waals surface area contributed by atoms with Crippen molar-refractivity contribution in [1.82, 2.24) is 30.0 Å². The van der Waals surface area contributed by atoms with Gasteiger partial charge in [0.25, 0.3) is 5.91 Å². The Morgan fingerprint density at radius 2 is 1.98 bits per heavy atom. The molecule has 2 amide bonds. The summed E-state index contributed by atoms with van der Waals surface area (Å²) >= 11 is 0. The molecule has 5 heterocycles. The second-order valence-corrected chi connectivity index (χ2v) is 11.4. The summed E-state index contributed by atoms with van der Waals surface area (Å²) < 4.78 is 2.07. The number of nitriles is 1. The number of nitrogen functional groups attached to an aromatic ring is 1. The summed E-state index contributed by atoms with van der Waals surface area (Å²) in [5.74, 6) is 0.504. The third-order valence-corrected chi connectivity index (χ3v) is 8.74. The Morgan fingerprint density at radius 3 is 2.77 bits per heavy atom. The van der Waals surface area contributed by atoms with Gasteiger partial charge in [0.2, 0.25) is 5.91 Å². The first-order valence-electron chi connectivity index (χ1n) is 14.6. The first-order chi connectivity index (χ1) is 21.0. The highest BCUT2D eigenvalue weighted by Gasteiger charge is 2.37.